The molecule has 5 nitrogen and oxygen atoms in total. The number of carbonyl (C=O) groups is 2. The maximum atomic E-state index is 13.1. The van der Waals surface area contributed by atoms with Gasteiger partial charge in [-0.3, -0.25) is 14.6 Å². The third-order valence-corrected chi connectivity index (χ3v) is 5.91. The number of halogens is 1. The van der Waals surface area contributed by atoms with E-state index in [4.69, 9.17) is 10.1 Å². The fraction of sp³-hybridized carbons (Fsp3) is 0.207. The number of unbranched alkanes of at least 4 members (excludes halogenated alkanes) is 1. The van der Waals surface area contributed by atoms with Gasteiger partial charge in [0.1, 0.15) is 5.82 Å². The van der Waals surface area contributed by atoms with Gasteiger partial charge in [0.15, 0.2) is 0 Å². The van der Waals surface area contributed by atoms with Crippen molar-refractivity contribution in [3.8, 4) is 11.1 Å². The molecule has 6 heteroatoms. The second-order valence-corrected chi connectivity index (χ2v) is 8.49. The van der Waals surface area contributed by atoms with Crippen LogP contribution >= 0.6 is 0 Å². The quantitative estimate of drug-likeness (QED) is 0.287. The van der Waals surface area contributed by atoms with Gasteiger partial charge in [-0.25, -0.2) is 4.39 Å². The number of carboxylic acids is 1. The van der Waals surface area contributed by atoms with Gasteiger partial charge in [-0.2, -0.15) is 0 Å². The number of carboxylic acid groups (broad SMARTS) is 1. The Labute approximate surface area is 203 Å². The highest BCUT2D eigenvalue weighted by atomic mass is 19.1. The zero-order valence-electron chi connectivity index (χ0n) is 19.3. The van der Waals surface area contributed by atoms with Gasteiger partial charge in [-0.15, -0.1) is 0 Å². The molecule has 1 heterocycles. The van der Waals surface area contributed by atoms with Gasteiger partial charge in [0.05, 0.1) is 5.52 Å². The Hall–Kier alpha value is -4.06. The average molecular weight is 471 g/mol. The number of nitrogens with one attached hydrogen (secondary N) is 1. The van der Waals surface area contributed by atoms with Crippen LogP contribution in [0, 0.1) is 5.82 Å². The fourth-order valence-corrected chi connectivity index (χ4v) is 4.05. The molecule has 0 aliphatic heterocycles. The van der Waals surface area contributed by atoms with Gasteiger partial charge < -0.3 is 10.4 Å². The molecule has 35 heavy (non-hydrogen) atoms. The molecule has 1 amide bonds. The summed E-state index contributed by atoms with van der Waals surface area (Å²) in [5.41, 5.74) is 5.16. The minimum atomic E-state index is -0.796. The first-order chi connectivity index (χ1) is 17.0. The van der Waals surface area contributed by atoms with Crippen molar-refractivity contribution in [3.63, 3.8) is 0 Å². The third kappa shape index (κ3) is 6.51. The standard InChI is InChI=1S/C29H27FN2O3/c30-24-14-10-20(11-15-24)16-17-31-29(35)23-13-12-22-18-25(21-6-2-1-3-7-21)26(32-27(22)19-23)8-4-5-9-28(33)34/h1-3,6-7,10-15,18-19H,4-5,8-9,16-17H2,(H,31,35)(H,33,34). The lowest BCUT2D eigenvalue weighted by molar-refractivity contribution is -0.137. The highest BCUT2D eigenvalue weighted by molar-refractivity contribution is 5.98. The Morgan fingerprint density at radius 3 is 2.40 bits per heavy atom. The van der Waals surface area contributed by atoms with Crippen molar-refractivity contribution in [1.29, 1.82) is 0 Å². The predicted molar refractivity (Wildman–Crippen MR) is 135 cm³/mol. The number of nitrogens with zero attached hydrogens (tertiary/aromatic N) is 1. The minimum Gasteiger partial charge on any atom is -0.481 e. The number of pyridine rings is 1. The van der Waals surface area contributed by atoms with Crippen molar-refractivity contribution >= 4 is 22.8 Å². The smallest absolute Gasteiger partial charge is 0.303 e. The first kappa shape index (κ1) is 24.1. The van der Waals surface area contributed by atoms with E-state index in [1.54, 1.807) is 24.3 Å². The highest BCUT2D eigenvalue weighted by Crippen LogP contribution is 2.28. The number of fused-ring (bicyclic) bond motifs is 1. The van der Waals surface area contributed by atoms with E-state index in [1.165, 1.54) is 12.1 Å². The molecule has 0 saturated heterocycles. The summed E-state index contributed by atoms with van der Waals surface area (Å²) < 4.78 is 13.1. The molecule has 0 fully saturated rings. The van der Waals surface area contributed by atoms with Crippen LogP contribution in [0.4, 0.5) is 4.39 Å². The minimum absolute atomic E-state index is 0.135. The van der Waals surface area contributed by atoms with Crippen LogP contribution in [0.5, 0.6) is 0 Å². The molecule has 4 rings (SSSR count). The number of aryl methyl sites for hydroxylation is 1. The predicted octanol–water partition coefficient (Wildman–Crippen LogP) is 5.81. The van der Waals surface area contributed by atoms with E-state index in [2.05, 4.69) is 11.4 Å². The van der Waals surface area contributed by atoms with Crippen LogP contribution < -0.4 is 5.32 Å². The summed E-state index contributed by atoms with van der Waals surface area (Å²) in [5.74, 6) is -1.26. The summed E-state index contributed by atoms with van der Waals surface area (Å²) in [6.45, 7) is 0.442. The summed E-state index contributed by atoms with van der Waals surface area (Å²) in [7, 11) is 0. The van der Waals surface area contributed by atoms with Crippen molar-refractivity contribution < 1.29 is 19.1 Å². The lowest BCUT2D eigenvalue weighted by Gasteiger charge is -2.12. The normalized spacial score (nSPS) is 10.9. The van der Waals surface area contributed by atoms with Gasteiger partial charge in [-0.05, 0) is 67.1 Å². The van der Waals surface area contributed by atoms with Crippen molar-refractivity contribution in [1.82, 2.24) is 10.3 Å². The zero-order valence-corrected chi connectivity index (χ0v) is 19.3. The van der Waals surface area contributed by atoms with E-state index in [1.807, 2.05) is 36.4 Å². The molecular weight excluding hydrogens is 443 g/mol. The fourth-order valence-electron chi connectivity index (χ4n) is 4.05. The molecule has 0 saturated carbocycles. The Kier molecular flexibility index (Phi) is 7.83. The number of carbonyl (C=O) groups excluding carboxylic acids is 1. The lowest BCUT2D eigenvalue weighted by atomic mass is 9.98. The number of aromatic nitrogens is 1. The molecule has 3 aromatic carbocycles. The molecule has 0 bridgehead atoms. The van der Waals surface area contributed by atoms with Gasteiger partial charge in [0.25, 0.3) is 5.91 Å². The summed E-state index contributed by atoms with van der Waals surface area (Å²) in [5, 5.41) is 12.8. The van der Waals surface area contributed by atoms with Crippen molar-refractivity contribution in [2.45, 2.75) is 32.1 Å². The van der Waals surface area contributed by atoms with Crippen LogP contribution in [0.1, 0.15) is 40.9 Å². The molecule has 0 unspecified atom stereocenters. The first-order valence-electron chi connectivity index (χ1n) is 11.7. The number of rotatable bonds is 10. The largest absolute Gasteiger partial charge is 0.481 e. The third-order valence-electron chi connectivity index (χ3n) is 5.91. The Balaban J connectivity index is 1.52. The molecular formula is C29H27FN2O3. The first-order valence-corrected chi connectivity index (χ1v) is 11.7. The summed E-state index contributed by atoms with van der Waals surface area (Å²) >= 11 is 0. The molecule has 0 aliphatic carbocycles. The SMILES string of the molecule is O=C(O)CCCCc1nc2cc(C(=O)NCCc3ccc(F)cc3)ccc2cc1-c1ccccc1. The van der Waals surface area contributed by atoms with Gasteiger partial charge in [-0.1, -0.05) is 48.5 Å². The molecule has 178 valence electrons. The van der Waals surface area contributed by atoms with Crippen LogP contribution in [-0.4, -0.2) is 28.5 Å². The monoisotopic (exact) mass is 470 g/mol. The Morgan fingerprint density at radius 2 is 1.66 bits per heavy atom. The van der Waals surface area contributed by atoms with Crippen LogP contribution in [-0.2, 0) is 17.6 Å². The van der Waals surface area contributed by atoms with Crippen molar-refractivity contribution in [2.75, 3.05) is 6.54 Å². The Morgan fingerprint density at radius 1 is 0.886 bits per heavy atom. The summed E-state index contributed by atoms with van der Waals surface area (Å²) in [6.07, 6.45) is 2.70. The van der Waals surface area contributed by atoms with E-state index in [-0.39, 0.29) is 18.1 Å². The molecule has 0 aliphatic rings. The van der Waals surface area contributed by atoms with Crippen LogP contribution in [0.25, 0.3) is 22.0 Å². The second-order valence-electron chi connectivity index (χ2n) is 8.49. The molecule has 0 atom stereocenters. The second kappa shape index (κ2) is 11.4. The van der Waals surface area contributed by atoms with E-state index < -0.39 is 5.97 Å². The number of hydrogen-bond donors (Lipinski definition) is 2. The van der Waals surface area contributed by atoms with E-state index >= 15 is 0 Å². The van der Waals surface area contributed by atoms with Gasteiger partial charge in [0, 0.05) is 35.2 Å². The Bertz CT molecular complexity index is 1320. The summed E-state index contributed by atoms with van der Waals surface area (Å²) in [6, 6.07) is 23.8. The van der Waals surface area contributed by atoms with Gasteiger partial charge in [0.2, 0.25) is 0 Å². The maximum absolute atomic E-state index is 13.1. The van der Waals surface area contributed by atoms with Gasteiger partial charge >= 0.3 is 5.97 Å². The lowest BCUT2D eigenvalue weighted by Crippen LogP contribution is -2.25. The number of aliphatic carboxylic acids is 1. The van der Waals surface area contributed by atoms with Crippen LogP contribution in [0.2, 0.25) is 0 Å². The average Bonchev–Trinajstić information content (AvgIpc) is 2.87. The highest BCUT2D eigenvalue weighted by Gasteiger charge is 2.12. The molecule has 0 spiro atoms. The molecule has 2 N–H and O–H groups in total. The topological polar surface area (TPSA) is 79.3 Å². The van der Waals surface area contributed by atoms with Crippen LogP contribution in [0.3, 0.4) is 0 Å². The summed E-state index contributed by atoms with van der Waals surface area (Å²) in [4.78, 5) is 28.5. The van der Waals surface area contributed by atoms with E-state index in [9.17, 15) is 14.0 Å². The van der Waals surface area contributed by atoms with E-state index in [0.29, 0.717) is 37.8 Å². The maximum Gasteiger partial charge on any atom is 0.303 e. The van der Waals surface area contributed by atoms with Crippen LogP contribution in [0.15, 0.2) is 78.9 Å². The molecule has 0 radical (unpaired) electrons. The zero-order chi connectivity index (χ0) is 24.6. The number of benzene rings is 3. The van der Waals surface area contributed by atoms with Crippen molar-refractivity contribution in [2.24, 2.45) is 0 Å². The van der Waals surface area contributed by atoms with E-state index in [0.717, 1.165) is 33.3 Å². The molecule has 1 aromatic heterocycles. The molecule has 4 aromatic rings. The van der Waals surface area contributed by atoms with Crippen molar-refractivity contribution in [3.05, 3.63) is 102 Å². The number of amides is 1. The number of hydrogen-bond acceptors (Lipinski definition) is 3.